The molecule has 0 aliphatic carbocycles. The molecule has 37 heavy (non-hydrogen) atoms. The molecule has 0 N–H and O–H groups in total. The van der Waals surface area contributed by atoms with Gasteiger partial charge in [0.2, 0.25) is 0 Å². The van der Waals surface area contributed by atoms with Crippen molar-refractivity contribution < 1.29 is 0 Å². The molecule has 0 radical (unpaired) electrons. The van der Waals surface area contributed by atoms with E-state index in [9.17, 15) is 0 Å². The average molecular weight is 732 g/mol. The first-order valence-corrected chi connectivity index (χ1v) is 27.1. The molecule has 0 aliphatic heterocycles. The van der Waals surface area contributed by atoms with Crippen LogP contribution in [0.1, 0.15) is 17.1 Å². The number of hydrogen-bond acceptors (Lipinski definition) is 6. The first kappa shape index (κ1) is 25.1. The van der Waals surface area contributed by atoms with Crippen LogP contribution in [-0.4, -0.2) is 32.3 Å². The van der Waals surface area contributed by atoms with Gasteiger partial charge in [-0.2, -0.15) is 0 Å². The predicted octanol–water partition coefficient (Wildman–Crippen LogP) is 8.92. The van der Waals surface area contributed by atoms with Gasteiger partial charge in [0.25, 0.3) is 0 Å². The molecule has 182 valence electrons. The van der Waals surface area contributed by atoms with Crippen molar-refractivity contribution in [3.8, 4) is 0 Å². The summed E-state index contributed by atoms with van der Waals surface area (Å²) in [5.41, 5.74) is 6.46. The van der Waals surface area contributed by atoms with Gasteiger partial charge in [0.05, 0.1) is 0 Å². The quantitative estimate of drug-likeness (QED) is 0.160. The van der Waals surface area contributed by atoms with Crippen LogP contribution in [0.4, 0.5) is 0 Å². The molecule has 7 heteroatoms. The molecule has 0 unspecified atom stereocenters. The van der Waals surface area contributed by atoms with Crippen LogP contribution in [-0.2, 0) is 0 Å². The van der Waals surface area contributed by atoms with Gasteiger partial charge in [-0.1, -0.05) is 0 Å². The van der Waals surface area contributed by atoms with Gasteiger partial charge in [0.15, 0.2) is 0 Å². The van der Waals surface area contributed by atoms with Crippen LogP contribution in [0.15, 0.2) is 106 Å². The summed E-state index contributed by atoms with van der Waals surface area (Å²) in [6.45, 7) is 6.20. The molecule has 0 saturated heterocycles. The molecule has 0 spiro atoms. The third-order valence-electron chi connectivity index (χ3n) is 5.99. The fourth-order valence-electron chi connectivity index (χ4n) is 4.17. The molecule has 3 nitrogen and oxygen atoms in total. The Morgan fingerprint density at radius 1 is 0.432 bits per heavy atom. The van der Waals surface area contributed by atoms with Crippen molar-refractivity contribution in [3.05, 3.63) is 108 Å². The van der Waals surface area contributed by atoms with E-state index in [2.05, 4.69) is 137 Å². The predicted molar refractivity (Wildman–Crippen MR) is 163 cm³/mol. The maximum atomic E-state index is 4.93. The molecular formula is C30H24BiN3S3. The molecular weight excluding hydrogens is 708 g/mol. The Morgan fingerprint density at radius 2 is 0.757 bits per heavy atom. The van der Waals surface area contributed by atoms with E-state index in [0.29, 0.717) is 0 Å². The molecule has 0 aliphatic rings. The summed E-state index contributed by atoms with van der Waals surface area (Å²) in [6, 6.07) is 32.5. The Hall–Kier alpha value is -2.18. The number of aryl methyl sites for hydroxylation is 3. The Morgan fingerprint density at radius 3 is 1.08 bits per heavy atom. The summed E-state index contributed by atoms with van der Waals surface area (Å²) in [7, 11) is 6.16. The standard InChI is InChI=1S/3C10H9NS.Bi/c3*1-7-5-6-8-3-2-4-9(12)10(8)11-7;/h3*2-6,12H,1H3;/q;;;+3/p-3. The zero-order valence-electron chi connectivity index (χ0n) is 20.7. The van der Waals surface area contributed by atoms with Gasteiger partial charge in [-0.15, -0.1) is 0 Å². The number of para-hydroxylation sites is 3. The van der Waals surface area contributed by atoms with Crippen LogP contribution in [0.5, 0.6) is 0 Å². The summed E-state index contributed by atoms with van der Waals surface area (Å²) in [6.07, 6.45) is 0. The van der Waals surface area contributed by atoms with Crippen LogP contribution in [0, 0.1) is 20.8 Å². The monoisotopic (exact) mass is 731 g/mol. The first-order valence-electron chi connectivity index (χ1n) is 12.0. The molecule has 3 heterocycles. The van der Waals surface area contributed by atoms with Gasteiger partial charge >= 0.3 is 234 Å². The summed E-state index contributed by atoms with van der Waals surface area (Å²) in [4.78, 5) is 18.6. The Bertz CT molecular complexity index is 1570. The van der Waals surface area contributed by atoms with E-state index < -0.39 is 17.4 Å². The van der Waals surface area contributed by atoms with Crippen LogP contribution in [0.3, 0.4) is 0 Å². The number of rotatable bonds is 6. The van der Waals surface area contributed by atoms with Gasteiger partial charge in [0, 0.05) is 0 Å². The van der Waals surface area contributed by atoms with Crippen molar-refractivity contribution in [1.82, 2.24) is 15.0 Å². The number of fused-ring (bicyclic) bond motifs is 3. The Kier molecular flexibility index (Phi) is 7.40. The molecule has 0 fully saturated rings. The minimum absolute atomic E-state index is 1.05. The molecule has 6 aromatic rings. The van der Waals surface area contributed by atoms with E-state index in [1.807, 2.05) is 0 Å². The maximum absolute atomic E-state index is 4.93. The van der Waals surface area contributed by atoms with E-state index >= 15 is 0 Å². The van der Waals surface area contributed by atoms with E-state index in [4.69, 9.17) is 15.0 Å². The second-order valence-electron chi connectivity index (χ2n) is 8.84. The molecule has 0 amide bonds. The van der Waals surface area contributed by atoms with Gasteiger partial charge in [0.1, 0.15) is 0 Å². The Labute approximate surface area is 232 Å². The third kappa shape index (κ3) is 5.51. The van der Waals surface area contributed by atoms with Crippen molar-refractivity contribution in [1.29, 1.82) is 0 Å². The summed E-state index contributed by atoms with van der Waals surface area (Å²) in [5.74, 6) is 0. The Balaban J connectivity index is 1.44. The van der Waals surface area contributed by atoms with E-state index in [1.54, 1.807) is 0 Å². The first-order chi connectivity index (χ1) is 18.0. The molecule has 6 rings (SSSR count). The summed E-state index contributed by atoms with van der Waals surface area (Å²) >= 11 is -2.48. The van der Waals surface area contributed by atoms with Gasteiger partial charge in [-0.3, -0.25) is 0 Å². The molecule has 0 atom stereocenters. The summed E-state index contributed by atoms with van der Waals surface area (Å²) in [5, 5.41) is 3.58. The molecule has 0 bridgehead atoms. The van der Waals surface area contributed by atoms with Crippen LogP contribution >= 0.6 is 25.6 Å². The van der Waals surface area contributed by atoms with E-state index in [-0.39, 0.29) is 0 Å². The summed E-state index contributed by atoms with van der Waals surface area (Å²) < 4.78 is 0. The van der Waals surface area contributed by atoms with Gasteiger partial charge in [-0.25, -0.2) is 0 Å². The van der Waals surface area contributed by atoms with Gasteiger partial charge in [-0.05, 0) is 0 Å². The van der Waals surface area contributed by atoms with Crippen molar-refractivity contribution in [2.75, 3.05) is 0 Å². The van der Waals surface area contributed by atoms with Crippen LogP contribution < -0.4 is 0 Å². The van der Waals surface area contributed by atoms with Crippen molar-refractivity contribution in [2.24, 2.45) is 0 Å². The van der Waals surface area contributed by atoms with Crippen molar-refractivity contribution in [2.45, 2.75) is 35.5 Å². The van der Waals surface area contributed by atoms with Gasteiger partial charge < -0.3 is 0 Å². The second-order valence-corrected chi connectivity index (χ2v) is 34.5. The molecule has 3 aromatic heterocycles. The topological polar surface area (TPSA) is 38.7 Å². The normalized spacial score (nSPS) is 11.7. The number of pyridine rings is 3. The minimum atomic E-state index is -2.48. The number of benzene rings is 3. The van der Waals surface area contributed by atoms with Crippen molar-refractivity contribution >= 4 is 75.6 Å². The van der Waals surface area contributed by atoms with E-state index in [1.165, 1.54) is 30.8 Å². The van der Waals surface area contributed by atoms with E-state index in [0.717, 1.165) is 33.6 Å². The number of hydrogen-bond donors (Lipinski definition) is 0. The number of aromatic nitrogens is 3. The zero-order chi connectivity index (χ0) is 25.4. The second kappa shape index (κ2) is 10.9. The molecule has 0 saturated carbocycles. The average Bonchev–Trinajstić information content (AvgIpc) is 2.89. The van der Waals surface area contributed by atoms with Crippen LogP contribution in [0.2, 0.25) is 0 Å². The number of nitrogens with zero attached hydrogens (tertiary/aromatic N) is 3. The zero-order valence-corrected chi connectivity index (χ0v) is 26.6. The van der Waals surface area contributed by atoms with Crippen LogP contribution in [0.25, 0.3) is 32.7 Å². The third-order valence-corrected chi connectivity index (χ3v) is 31.9. The molecule has 3 aromatic carbocycles. The fourth-order valence-corrected chi connectivity index (χ4v) is 33.6. The van der Waals surface area contributed by atoms with Crippen molar-refractivity contribution in [3.63, 3.8) is 0 Å². The fraction of sp³-hybridized carbons (Fsp3) is 0.100. The SMILES string of the molecule is Cc1ccc2cccc([S][Bi]([S]c3cccc4ccc(C)nc34)[S]c3cccc4ccc(C)nc34)c2n1.